The molecule has 4 aromatic rings. The van der Waals surface area contributed by atoms with Gasteiger partial charge in [0.05, 0.1) is 0 Å². The van der Waals surface area contributed by atoms with E-state index in [1.807, 2.05) is 0 Å². The Kier molecular flexibility index (Phi) is 5.91. The molecule has 0 amide bonds. The lowest BCUT2D eigenvalue weighted by Crippen LogP contribution is -2.19. The van der Waals surface area contributed by atoms with Gasteiger partial charge >= 0.3 is 0 Å². The molecular weight excluding hydrogens is 368 g/mol. The molecule has 3 heteroatoms. The fourth-order valence-electron chi connectivity index (χ4n) is 3.74. The number of nitrogens with zero attached hydrogens (tertiary/aromatic N) is 2. The fourth-order valence-corrected chi connectivity index (χ4v) is 3.74. The van der Waals surface area contributed by atoms with Crippen molar-refractivity contribution in [2.45, 2.75) is 20.4 Å². The molecule has 0 bridgehead atoms. The van der Waals surface area contributed by atoms with Crippen molar-refractivity contribution in [3.8, 4) is 17.0 Å². The summed E-state index contributed by atoms with van der Waals surface area (Å²) in [6.07, 6.45) is 0. The summed E-state index contributed by atoms with van der Waals surface area (Å²) in [6.45, 7) is 6.72. The highest BCUT2D eigenvalue weighted by molar-refractivity contribution is 5.87. The first-order chi connectivity index (χ1) is 14.5. The average molecular weight is 399 g/mol. The SMILES string of the molecule is Cc1ccc(-c2cc3cc(C)ccc3n2Cc2ccc(OCCN(C)C)cc2)cc1. The minimum Gasteiger partial charge on any atom is -0.492 e. The van der Waals surface area contributed by atoms with Crippen LogP contribution in [0.25, 0.3) is 22.2 Å². The highest BCUT2D eigenvalue weighted by Gasteiger charge is 2.12. The number of aromatic nitrogens is 1. The Balaban J connectivity index is 1.64. The summed E-state index contributed by atoms with van der Waals surface area (Å²) in [5, 5.41) is 1.29. The summed E-state index contributed by atoms with van der Waals surface area (Å²) in [5.41, 5.74) is 7.60. The molecule has 0 spiro atoms. The van der Waals surface area contributed by atoms with E-state index in [1.54, 1.807) is 0 Å². The predicted molar refractivity (Wildman–Crippen MR) is 126 cm³/mol. The first-order valence-corrected chi connectivity index (χ1v) is 10.5. The van der Waals surface area contributed by atoms with Crippen LogP contribution in [0.15, 0.2) is 72.8 Å². The summed E-state index contributed by atoms with van der Waals surface area (Å²) in [7, 11) is 4.11. The molecule has 0 aliphatic rings. The Bertz CT molecular complexity index is 1120. The zero-order valence-electron chi connectivity index (χ0n) is 18.4. The number of hydrogen-bond acceptors (Lipinski definition) is 2. The third kappa shape index (κ3) is 4.58. The van der Waals surface area contributed by atoms with Gasteiger partial charge in [-0.2, -0.15) is 0 Å². The largest absolute Gasteiger partial charge is 0.492 e. The molecule has 0 N–H and O–H groups in total. The summed E-state index contributed by atoms with van der Waals surface area (Å²) in [5.74, 6) is 0.923. The van der Waals surface area contributed by atoms with Crippen molar-refractivity contribution in [2.24, 2.45) is 0 Å². The van der Waals surface area contributed by atoms with Gasteiger partial charge in [-0.05, 0) is 69.4 Å². The Labute approximate surface area is 179 Å². The average Bonchev–Trinajstić information content (AvgIpc) is 3.07. The first kappa shape index (κ1) is 20.2. The van der Waals surface area contributed by atoms with Gasteiger partial charge in [0.1, 0.15) is 12.4 Å². The van der Waals surface area contributed by atoms with E-state index in [0.29, 0.717) is 6.61 Å². The minimum atomic E-state index is 0.700. The lowest BCUT2D eigenvalue weighted by atomic mass is 10.1. The Morgan fingerprint density at radius 3 is 2.20 bits per heavy atom. The molecule has 0 unspecified atom stereocenters. The van der Waals surface area contributed by atoms with Gasteiger partial charge in [0.15, 0.2) is 0 Å². The van der Waals surface area contributed by atoms with Crippen LogP contribution >= 0.6 is 0 Å². The fraction of sp³-hybridized carbons (Fsp3) is 0.259. The van der Waals surface area contributed by atoms with Crippen LogP contribution in [0, 0.1) is 13.8 Å². The Hall–Kier alpha value is -3.04. The number of rotatable bonds is 7. The molecule has 1 heterocycles. The van der Waals surface area contributed by atoms with E-state index in [9.17, 15) is 0 Å². The Morgan fingerprint density at radius 1 is 0.800 bits per heavy atom. The number of hydrogen-bond donors (Lipinski definition) is 0. The molecule has 4 rings (SSSR count). The zero-order valence-corrected chi connectivity index (χ0v) is 18.4. The van der Waals surface area contributed by atoms with Crippen LogP contribution in [0.3, 0.4) is 0 Å². The number of likely N-dealkylation sites (N-methyl/N-ethyl adjacent to an activating group) is 1. The van der Waals surface area contributed by atoms with Gasteiger partial charge in [-0.1, -0.05) is 53.6 Å². The third-order valence-corrected chi connectivity index (χ3v) is 5.48. The minimum absolute atomic E-state index is 0.700. The van der Waals surface area contributed by atoms with E-state index in [2.05, 4.69) is 110 Å². The van der Waals surface area contributed by atoms with E-state index in [4.69, 9.17) is 4.74 Å². The summed E-state index contributed by atoms with van der Waals surface area (Å²) >= 11 is 0. The normalized spacial score (nSPS) is 11.4. The van der Waals surface area contributed by atoms with E-state index in [0.717, 1.165) is 18.8 Å². The van der Waals surface area contributed by atoms with Crippen molar-refractivity contribution in [1.29, 1.82) is 0 Å². The molecule has 0 radical (unpaired) electrons. The molecule has 3 aromatic carbocycles. The van der Waals surface area contributed by atoms with Crippen LogP contribution in [0.4, 0.5) is 0 Å². The predicted octanol–water partition coefficient (Wildman–Crippen LogP) is 5.91. The number of benzene rings is 3. The molecule has 154 valence electrons. The van der Waals surface area contributed by atoms with Crippen LogP contribution in [-0.2, 0) is 6.54 Å². The second-order valence-corrected chi connectivity index (χ2v) is 8.34. The summed E-state index contributed by atoms with van der Waals surface area (Å²) in [6, 6.07) is 26.3. The van der Waals surface area contributed by atoms with E-state index < -0.39 is 0 Å². The summed E-state index contributed by atoms with van der Waals surface area (Å²) < 4.78 is 8.26. The lowest BCUT2D eigenvalue weighted by molar-refractivity contribution is 0.261. The van der Waals surface area contributed by atoms with Crippen molar-refractivity contribution in [2.75, 3.05) is 27.2 Å². The quantitative estimate of drug-likeness (QED) is 0.385. The maximum absolute atomic E-state index is 5.85. The van der Waals surface area contributed by atoms with Gasteiger partial charge in [-0.25, -0.2) is 0 Å². The standard InChI is InChI=1S/C27H30N2O/c1-20-5-10-23(11-6-20)27-18-24-17-21(2)7-14-26(24)29(27)19-22-8-12-25(13-9-22)30-16-15-28(3)4/h5-14,17-18H,15-16,19H2,1-4H3. The van der Waals surface area contributed by atoms with Crippen LogP contribution in [-0.4, -0.2) is 36.7 Å². The smallest absolute Gasteiger partial charge is 0.119 e. The molecule has 0 saturated heterocycles. The Morgan fingerprint density at radius 2 is 1.50 bits per heavy atom. The van der Waals surface area contributed by atoms with Gasteiger partial charge in [-0.15, -0.1) is 0 Å². The molecule has 0 fully saturated rings. The van der Waals surface area contributed by atoms with Crippen molar-refractivity contribution in [3.05, 3.63) is 89.5 Å². The molecule has 1 aromatic heterocycles. The van der Waals surface area contributed by atoms with Crippen molar-refractivity contribution >= 4 is 10.9 Å². The molecule has 3 nitrogen and oxygen atoms in total. The molecule has 0 aliphatic carbocycles. The number of ether oxygens (including phenoxy) is 1. The molecular formula is C27H30N2O. The van der Waals surface area contributed by atoms with E-state index in [-0.39, 0.29) is 0 Å². The maximum Gasteiger partial charge on any atom is 0.119 e. The van der Waals surface area contributed by atoms with Gasteiger partial charge in [0, 0.05) is 29.7 Å². The highest BCUT2D eigenvalue weighted by Crippen LogP contribution is 2.30. The van der Waals surface area contributed by atoms with Crippen LogP contribution in [0.5, 0.6) is 5.75 Å². The van der Waals surface area contributed by atoms with Crippen LogP contribution in [0.2, 0.25) is 0 Å². The zero-order chi connectivity index (χ0) is 21.1. The van der Waals surface area contributed by atoms with Crippen molar-refractivity contribution in [1.82, 2.24) is 9.47 Å². The lowest BCUT2D eigenvalue weighted by Gasteiger charge is -2.13. The number of aryl methyl sites for hydroxylation is 2. The van der Waals surface area contributed by atoms with Crippen LogP contribution in [0.1, 0.15) is 16.7 Å². The third-order valence-electron chi connectivity index (χ3n) is 5.48. The monoisotopic (exact) mass is 398 g/mol. The second kappa shape index (κ2) is 8.76. The number of fused-ring (bicyclic) bond motifs is 1. The maximum atomic E-state index is 5.85. The van der Waals surface area contributed by atoms with E-state index in [1.165, 1.54) is 38.9 Å². The molecule has 0 atom stereocenters. The van der Waals surface area contributed by atoms with Gasteiger partial charge in [0.25, 0.3) is 0 Å². The first-order valence-electron chi connectivity index (χ1n) is 10.5. The van der Waals surface area contributed by atoms with Gasteiger partial charge in [0.2, 0.25) is 0 Å². The topological polar surface area (TPSA) is 17.4 Å². The molecule has 30 heavy (non-hydrogen) atoms. The van der Waals surface area contributed by atoms with Crippen LogP contribution < -0.4 is 4.74 Å². The van der Waals surface area contributed by atoms with E-state index >= 15 is 0 Å². The van der Waals surface area contributed by atoms with Crippen molar-refractivity contribution < 1.29 is 4.74 Å². The highest BCUT2D eigenvalue weighted by atomic mass is 16.5. The van der Waals surface area contributed by atoms with Gasteiger partial charge in [-0.3, -0.25) is 0 Å². The summed E-state index contributed by atoms with van der Waals surface area (Å²) in [4.78, 5) is 2.12. The van der Waals surface area contributed by atoms with Gasteiger partial charge < -0.3 is 14.2 Å². The second-order valence-electron chi connectivity index (χ2n) is 8.34. The van der Waals surface area contributed by atoms with Crippen molar-refractivity contribution in [3.63, 3.8) is 0 Å². The molecule has 0 aliphatic heterocycles. The molecule has 0 saturated carbocycles.